The van der Waals surface area contributed by atoms with Gasteiger partial charge < -0.3 is 15.0 Å². The molecule has 238 valence electrons. The fourth-order valence-corrected chi connectivity index (χ4v) is 13.0. The van der Waals surface area contributed by atoms with Crippen molar-refractivity contribution in [3.63, 3.8) is 0 Å². The van der Waals surface area contributed by atoms with Crippen LogP contribution in [0, 0.1) is 10.8 Å². The van der Waals surface area contributed by atoms with Gasteiger partial charge in [0.15, 0.2) is 0 Å². The van der Waals surface area contributed by atoms with Crippen LogP contribution in [0.25, 0.3) is 10.9 Å². The van der Waals surface area contributed by atoms with Crippen LogP contribution in [0.15, 0.2) is 36.4 Å². The fraction of sp³-hybridized carbons (Fsp3) is 0.632. The summed E-state index contributed by atoms with van der Waals surface area (Å²) in [5.41, 5.74) is 5.89. The third-order valence-electron chi connectivity index (χ3n) is 14.6. The van der Waals surface area contributed by atoms with Gasteiger partial charge in [-0.25, -0.2) is 8.78 Å². The van der Waals surface area contributed by atoms with Crippen LogP contribution in [0.4, 0.5) is 14.5 Å². The average molecular weight is 613 g/mol. The van der Waals surface area contributed by atoms with E-state index in [4.69, 9.17) is 0 Å². The first-order valence-corrected chi connectivity index (χ1v) is 17.8. The number of rotatable bonds is 3. The zero-order valence-electron chi connectivity index (χ0n) is 26.7. The van der Waals surface area contributed by atoms with E-state index in [9.17, 15) is 5.11 Å². The lowest BCUT2D eigenvalue weighted by atomic mass is 9.52. The highest BCUT2D eigenvalue weighted by molar-refractivity contribution is 5.87. The van der Waals surface area contributed by atoms with Gasteiger partial charge in [0.2, 0.25) is 0 Å². The molecule has 7 heteroatoms. The molecule has 7 unspecified atom stereocenters. The van der Waals surface area contributed by atoms with Crippen molar-refractivity contribution in [2.75, 3.05) is 31.5 Å². The van der Waals surface area contributed by atoms with Gasteiger partial charge in [0.25, 0.3) is 5.92 Å². The molecule has 5 nitrogen and oxygen atoms in total. The third-order valence-corrected chi connectivity index (χ3v) is 14.6. The van der Waals surface area contributed by atoms with Crippen LogP contribution < -0.4 is 5.32 Å². The predicted octanol–water partition coefficient (Wildman–Crippen LogP) is 7.76. The van der Waals surface area contributed by atoms with Crippen LogP contribution in [0.1, 0.15) is 106 Å². The van der Waals surface area contributed by atoms with E-state index >= 15 is 8.78 Å². The van der Waals surface area contributed by atoms with E-state index in [1.807, 2.05) is 6.07 Å². The topological polar surface area (TPSA) is 43.7 Å². The highest BCUT2D eigenvalue weighted by atomic mass is 19.3. The molecule has 7 aliphatic rings. The minimum absolute atomic E-state index is 0.131. The molecule has 10 rings (SSSR count). The molecule has 7 heterocycles. The summed E-state index contributed by atoms with van der Waals surface area (Å²) < 4.78 is 35.2. The first kappa shape index (κ1) is 27.5. The maximum absolute atomic E-state index is 16.4. The Labute approximate surface area is 265 Å². The van der Waals surface area contributed by atoms with E-state index in [-0.39, 0.29) is 29.0 Å². The zero-order chi connectivity index (χ0) is 30.5. The first-order chi connectivity index (χ1) is 21.7. The first-order valence-electron chi connectivity index (χ1n) is 17.8. The Morgan fingerprint density at radius 3 is 2.64 bits per heavy atom. The minimum atomic E-state index is -2.82. The quantitative estimate of drug-likeness (QED) is 0.317. The number of anilines is 1. The number of aromatic hydroxyl groups is 1. The van der Waals surface area contributed by atoms with Gasteiger partial charge in [0.05, 0.1) is 17.5 Å². The Bertz CT molecular complexity index is 1750. The summed E-state index contributed by atoms with van der Waals surface area (Å²) in [5, 5.41) is 17.1. The van der Waals surface area contributed by atoms with Crippen molar-refractivity contribution in [1.29, 1.82) is 0 Å². The number of nitrogens with zero attached hydrogens (tertiary/aromatic N) is 3. The van der Waals surface area contributed by atoms with Gasteiger partial charge in [-0.05, 0) is 119 Å². The van der Waals surface area contributed by atoms with Crippen LogP contribution in [0.3, 0.4) is 0 Å². The van der Waals surface area contributed by atoms with Crippen molar-refractivity contribution >= 4 is 16.6 Å². The van der Waals surface area contributed by atoms with E-state index in [0.29, 0.717) is 24.6 Å². The second kappa shape index (κ2) is 8.83. The van der Waals surface area contributed by atoms with Gasteiger partial charge >= 0.3 is 0 Å². The Hall–Kier alpha value is -2.64. The van der Waals surface area contributed by atoms with Crippen molar-refractivity contribution in [3.8, 4) is 5.75 Å². The SMILES string of the molecule is CCC12CCCN3CCC4(c5c(O)ccc(C6CC7(C(C)(F)F)CCCN8CCc9c(n6c6ccccc96)C87)c5NC4CC1)C32. The van der Waals surface area contributed by atoms with Gasteiger partial charge in [-0.1, -0.05) is 31.2 Å². The Balaban J connectivity index is 1.23. The van der Waals surface area contributed by atoms with Crippen molar-refractivity contribution in [2.45, 2.75) is 114 Å². The summed E-state index contributed by atoms with van der Waals surface area (Å²) in [5.74, 6) is -2.42. The molecule has 0 bridgehead atoms. The monoisotopic (exact) mass is 612 g/mol. The lowest BCUT2D eigenvalue weighted by Crippen LogP contribution is -2.63. The second-order valence-corrected chi connectivity index (χ2v) is 16.0. The summed E-state index contributed by atoms with van der Waals surface area (Å²) in [6.07, 6.45) is 9.76. The van der Waals surface area contributed by atoms with Crippen molar-refractivity contribution in [1.82, 2.24) is 14.4 Å². The third kappa shape index (κ3) is 3.12. The summed E-state index contributed by atoms with van der Waals surface area (Å²) in [6.45, 7) is 7.55. The molecule has 0 radical (unpaired) electrons. The van der Waals surface area contributed by atoms with Crippen LogP contribution >= 0.6 is 0 Å². The van der Waals surface area contributed by atoms with E-state index in [0.717, 1.165) is 74.4 Å². The number of aromatic nitrogens is 1. The molecular formula is C38H46F2N4O. The molecule has 7 atom stereocenters. The second-order valence-electron chi connectivity index (χ2n) is 16.0. The lowest BCUT2D eigenvalue weighted by Gasteiger charge is -2.58. The number of hydrogen-bond acceptors (Lipinski definition) is 4. The van der Waals surface area contributed by atoms with Gasteiger partial charge in [-0.2, -0.15) is 0 Å². The molecule has 6 aliphatic heterocycles. The maximum Gasteiger partial charge on any atom is 0.252 e. The van der Waals surface area contributed by atoms with Crippen LogP contribution in [-0.2, 0) is 11.8 Å². The van der Waals surface area contributed by atoms with E-state index in [1.165, 1.54) is 49.1 Å². The standard InChI is InChI=1S/C38H46F2N4O/c1-3-36-14-6-19-43-21-17-38(34(36)43)29(12-16-36)41-31-25(10-11-28(45)30(31)38)27-22-37(35(2,39)40)15-7-18-42-20-13-24-23-8-4-5-9-26(23)44(27)32(24)33(37)42/h4-5,8-11,27,29,33-34,41,45H,3,6-7,12-22H2,1-2H3. The number of para-hydroxylation sites is 1. The zero-order valence-corrected chi connectivity index (χ0v) is 26.7. The molecule has 1 saturated carbocycles. The Morgan fingerprint density at radius 2 is 1.80 bits per heavy atom. The smallest absolute Gasteiger partial charge is 0.252 e. The van der Waals surface area contributed by atoms with E-state index < -0.39 is 11.3 Å². The van der Waals surface area contributed by atoms with Gasteiger partial charge in [-0.15, -0.1) is 0 Å². The molecule has 3 aromatic rings. The lowest BCUT2D eigenvalue weighted by molar-refractivity contribution is -0.186. The molecule has 45 heavy (non-hydrogen) atoms. The predicted molar refractivity (Wildman–Crippen MR) is 173 cm³/mol. The van der Waals surface area contributed by atoms with Crippen molar-refractivity contribution < 1.29 is 13.9 Å². The number of phenols is 1. The summed E-state index contributed by atoms with van der Waals surface area (Å²) in [7, 11) is 0. The molecule has 2 aromatic carbocycles. The Kier molecular flexibility index (Phi) is 5.39. The number of hydrogen-bond donors (Lipinski definition) is 2. The van der Waals surface area contributed by atoms with Crippen molar-refractivity contribution in [3.05, 3.63) is 58.8 Å². The molecule has 1 aromatic heterocycles. The molecule has 0 amide bonds. The molecule has 1 spiro atoms. The number of nitrogens with one attached hydrogen (secondary N) is 1. The van der Waals surface area contributed by atoms with Crippen molar-refractivity contribution in [2.24, 2.45) is 10.8 Å². The van der Waals surface area contributed by atoms with Gasteiger partial charge in [-0.3, -0.25) is 9.80 Å². The molecule has 3 saturated heterocycles. The minimum Gasteiger partial charge on any atom is -0.508 e. The van der Waals surface area contributed by atoms with Crippen LogP contribution in [0.2, 0.25) is 0 Å². The Morgan fingerprint density at radius 1 is 0.978 bits per heavy atom. The normalized spacial score (nSPS) is 38.4. The molecule has 1 aliphatic carbocycles. The largest absolute Gasteiger partial charge is 0.508 e. The molecule has 2 N–H and O–H groups in total. The highest BCUT2D eigenvalue weighted by Gasteiger charge is 2.68. The summed E-state index contributed by atoms with van der Waals surface area (Å²) >= 11 is 0. The highest BCUT2D eigenvalue weighted by Crippen LogP contribution is 2.68. The number of alkyl halides is 2. The fourth-order valence-electron chi connectivity index (χ4n) is 13.0. The number of halogens is 2. The summed E-state index contributed by atoms with van der Waals surface area (Å²) in [6, 6.07) is 12.9. The number of phenolic OH excluding ortho intramolecular Hbond substituents is 1. The number of benzene rings is 2. The van der Waals surface area contributed by atoms with Gasteiger partial charge in [0, 0.05) is 51.9 Å². The van der Waals surface area contributed by atoms with Crippen LogP contribution in [-0.4, -0.2) is 63.7 Å². The van der Waals surface area contributed by atoms with Crippen LogP contribution in [0.5, 0.6) is 5.75 Å². The average Bonchev–Trinajstić information content (AvgIpc) is 3.71. The van der Waals surface area contributed by atoms with E-state index in [1.54, 1.807) is 0 Å². The van der Waals surface area contributed by atoms with E-state index in [2.05, 4.69) is 56.9 Å². The maximum atomic E-state index is 16.4. The number of piperidine rings is 2. The van der Waals surface area contributed by atoms with Gasteiger partial charge in [0.1, 0.15) is 5.75 Å². The summed E-state index contributed by atoms with van der Waals surface area (Å²) in [4.78, 5) is 5.15. The molecule has 4 fully saturated rings. The molecular weight excluding hydrogens is 566 g/mol. The number of fused-ring (bicyclic) bond motifs is 4.